The molecule has 1 atom stereocenters. The first-order valence-corrected chi connectivity index (χ1v) is 14.9. The van der Waals surface area contributed by atoms with E-state index >= 15 is 0 Å². The van der Waals surface area contributed by atoms with Crippen LogP contribution in [0.3, 0.4) is 0 Å². The van der Waals surface area contributed by atoms with Crippen LogP contribution in [0.25, 0.3) is 0 Å². The van der Waals surface area contributed by atoms with Crippen molar-refractivity contribution in [1.29, 1.82) is 0 Å². The molecule has 2 amide bonds. The highest BCUT2D eigenvalue weighted by atomic mass is 35.5. The summed E-state index contributed by atoms with van der Waals surface area (Å²) in [6.45, 7) is 5.47. The van der Waals surface area contributed by atoms with Gasteiger partial charge in [0, 0.05) is 23.1 Å². The van der Waals surface area contributed by atoms with E-state index in [4.69, 9.17) is 23.2 Å². The fraction of sp³-hybridized carbons (Fsp3) is 0.310. The van der Waals surface area contributed by atoms with E-state index < -0.39 is 28.5 Å². The van der Waals surface area contributed by atoms with Gasteiger partial charge in [0.05, 0.1) is 10.6 Å². The van der Waals surface area contributed by atoms with Crippen LogP contribution in [0.1, 0.15) is 37.8 Å². The van der Waals surface area contributed by atoms with Crippen LogP contribution in [-0.2, 0) is 26.2 Å². The number of hydrogen-bond acceptors (Lipinski definition) is 4. The van der Waals surface area contributed by atoms with Crippen molar-refractivity contribution < 1.29 is 18.0 Å². The second-order valence-corrected chi connectivity index (χ2v) is 11.9. The molecule has 3 aromatic rings. The molecular weight excluding hydrogens is 557 g/mol. The first-order chi connectivity index (χ1) is 18.5. The summed E-state index contributed by atoms with van der Waals surface area (Å²) in [5.74, 6) is -0.876. The number of amides is 2. The van der Waals surface area contributed by atoms with Crippen molar-refractivity contribution in [3.63, 3.8) is 0 Å². The molecule has 0 aliphatic rings. The van der Waals surface area contributed by atoms with Gasteiger partial charge in [0.15, 0.2) is 0 Å². The topological polar surface area (TPSA) is 86.8 Å². The lowest BCUT2D eigenvalue weighted by Gasteiger charge is -2.32. The van der Waals surface area contributed by atoms with Crippen LogP contribution in [0.4, 0.5) is 5.69 Å². The molecule has 0 aliphatic heterocycles. The average Bonchev–Trinajstić information content (AvgIpc) is 2.91. The van der Waals surface area contributed by atoms with Gasteiger partial charge in [-0.1, -0.05) is 66.9 Å². The van der Waals surface area contributed by atoms with Gasteiger partial charge in [-0.05, 0) is 73.9 Å². The van der Waals surface area contributed by atoms with Gasteiger partial charge in [-0.2, -0.15) is 0 Å². The number of nitrogens with zero attached hydrogens (tertiary/aromatic N) is 2. The highest BCUT2D eigenvalue weighted by Gasteiger charge is 2.32. The highest BCUT2D eigenvalue weighted by Crippen LogP contribution is 2.27. The summed E-state index contributed by atoms with van der Waals surface area (Å²) in [6.07, 6.45) is 1.71. The van der Waals surface area contributed by atoms with Gasteiger partial charge in [0.1, 0.15) is 12.6 Å². The third-order valence-corrected chi connectivity index (χ3v) is 8.67. The fourth-order valence-corrected chi connectivity index (χ4v) is 5.70. The van der Waals surface area contributed by atoms with Crippen molar-refractivity contribution in [2.45, 2.75) is 51.1 Å². The highest BCUT2D eigenvalue weighted by molar-refractivity contribution is 7.92. The van der Waals surface area contributed by atoms with Crippen molar-refractivity contribution in [2.24, 2.45) is 0 Å². The van der Waals surface area contributed by atoms with E-state index in [1.807, 2.05) is 19.9 Å². The molecule has 1 N–H and O–H groups in total. The quantitative estimate of drug-likeness (QED) is 0.269. The standard InChI is InChI=1S/C29H33Cl2N3O4S/c1-4-5-17-32-29(36)22(3)33(19-23-10-6-7-12-27(23)31)28(35)20-34(25-11-8-9-21(2)18-25)39(37,38)26-15-13-24(30)14-16-26/h6-16,18,22H,4-5,17,19-20H2,1-3H3,(H,32,36). The van der Waals surface area contributed by atoms with Crippen LogP contribution in [-0.4, -0.2) is 44.3 Å². The lowest BCUT2D eigenvalue weighted by molar-refractivity contribution is -0.139. The lowest BCUT2D eigenvalue weighted by atomic mass is 10.1. The van der Waals surface area contributed by atoms with Gasteiger partial charge in [0.2, 0.25) is 11.8 Å². The third kappa shape index (κ3) is 7.97. The molecule has 0 aliphatic carbocycles. The number of anilines is 1. The van der Waals surface area contributed by atoms with Crippen LogP contribution in [0, 0.1) is 6.92 Å². The summed E-state index contributed by atoms with van der Waals surface area (Å²) >= 11 is 12.4. The fourth-order valence-electron chi connectivity index (χ4n) is 3.97. The number of aryl methyl sites for hydroxylation is 1. The predicted octanol–water partition coefficient (Wildman–Crippen LogP) is 5.83. The normalized spacial score (nSPS) is 12.0. The van der Waals surface area contributed by atoms with Gasteiger partial charge in [-0.15, -0.1) is 0 Å². The van der Waals surface area contributed by atoms with Gasteiger partial charge < -0.3 is 10.2 Å². The van der Waals surface area contributed by atoms with Crippen LogP contribution < -0.4 is 9.62 Å². The van der Waals surface area contributed by atoms with E-state index in [2.05, 4.69) is 5.32 Å². The van der Waals surface area contributed by atoms with E-state index in [0.29, 0.717) is 27.8 Å². The monoisotopic (exact) mass is 589 g/mol. The number of carbonyl (C=O) groups is 2. The zero-order valence-corrected chi connectivity index (χ0v) is 24.6. The van der Waals surface area contributed by atoms with E-state index in [0.717, 1.165) is 22.7 Å². The minimum atomic E-state index is -4.16. The van der Waals surface area contributed by atoms with Crippen LogP contribution in [0.2, 0.25) is 10.0 Å². The molecule has 0 spiro atoms. The predicted molar refractivity (Wildman–Crippen MR) is 157 cm³/mol. The molecule has 0 fully saturated rings. The van der Waals surface area contributed by atoms with Gasteiger partial charge >= 0.3 is 0 Å². The number of nitrogens with one attached hydrogen (secondary N) is 1. The van der Waals surface area contributed by atoms with E-state index in [9.17, 15) is 18.0 Å². The SMILES string of the molecule is CCCCNC(=O)C(C)N(Cc1ccccc1Cl)C(=O)CN(c1cccc(C)c1)S(=O)(=O)c1ccc(Cl)cc1. The zero-order chi connectivity index (χ0) is 28.6. The smallest absolute Gasteiger partial charge is 0.264 e. The van der Waals surface area contributed by atoms with E-state index in [-0.39, 0.29) is 17.3 Å². The Kier molecular flexibility index (Phi) is 10.8. The molecule has 0 radical (unpaired) electrons. The van der Waals surface area contributed by atoms with E-state index in [1.54, 1.807) is 49.4 Å². The maximum Gasteiger partial charge on any atom is 0.264 e. The van der Waals surface area contributed by atoms with Crippen LogP contribution in [0.5, 0.6) is 0 Å². The Morgan fingerprint density at radius 1 is 0.974 bits per heavy atom. The molecule has 1 unspecified atom stereocenters. The number of rotatable bonds is 12. The molecule has 208 valence electrons. The van der Waals surface area contributed by atoms with Crippen LogP contribution >= 0.6 is 23.2 Å². The molecule has 0 heterocycles. The van der Waals surface area contributed by atoms with Crippen molar-refractivity contribution in [3.8, 4) is 0 Å². The molecule has 10 heteroatoms. The van der Waals surface area contributed by atoms with Crippen LogP contribution in [0.15, 0.2) is 77.7 Å². The molecule has 3 aromatic carbocycles. The lowest BCUT2D eigenvalue weighted by Crippen LogP contribution is -2.51. The second-order valence-electron chi connectivity index (χ2n) is 9.24. The van der Waals surface area contributed by atoms with E-state index in [1.165, 1.54) is 29.2 Å². The zero-order valence-electron chi connectivity index (χ0n) is 22.2. The molecule has 7 nitrogen and oxygen atoms in total. The Morgan fingerprint density at radius 3 is 2.31 bits per heavy atom. The second kappa shape index (κ2) is 13.8. The maximum absolute atomic E-state index is 13.9. The Bertz CT molecular complexity index is 1400. The number of unbranched alkanes of at least 4 members (excludes halogenated alkanes) is 1. The number of carbonyl (C=O) groups excluding carboxylic acids is 2. The summed E-state index contributed by atoms with van der Waals surface area (Å²) in [5, 5.41) is 3.70. The average molecular weight is 591 g/mol. The van der Waals surface area contributed by atoms with Gasteiger partial charge in [-0.3, -0.25) is 13.9 Å². The minimum absolute atomic E-state index is 0.00998. The van der Waals surface area contributed by atoms with Gasteiger partial charge in [-0.25, -0.2) is 8.42 Å². The Labute approximate surface area is 240 Å². The number of sulfonamides is 1. The summed E-state index contributed by atoms with van der Waals surface area (Å²) in [4.78, 5) is 28.3. The number of hydrogen-bond donors (Lipinski definition) is 1. The first kappa shape index (κ1) is 30.5. The largest absolute Gasteiger partial charge is 0.354 e. The van der Waals surface area contributed by atoms with Crippen molar-refractivity contribution in [1.82, 2.24) is 10.2 Å². The summed E-state index contributed by atoms with van der Waals surface area (Å²) in [6, 6.07) is 18.8. The number of halogens is 2. The maximum atomic E-state index is 13.9. The Morgan fingerprint density at radius 2 is 1.67 bits per heavy atom. The summed E-state index contributed by atoms with van der Waals surface area (Å²) in [7, 11) is -4.16. The van der Waals surface area contributed by atoms with Gasteiger partial charge in [0.25, 0.3) is 10.0 Å². The van der Waals surface area contributed by atoms with Crippen molar-refractivity contribution in [2.75, 3.05) is 17.4 Å². The summed E-state index contributed by atoms with van der Waals surface area (Å²) < 4.78 is 28.7. The molecule has 0 bridgehead atoms. The van der Waals surface area contributed by atoms with Crippen molar-refractivity contribution in [3.05, 3.63) is 94.0 Å². The molecule has 0 saturated carbocycles. The number of benzene rings is 3. The molecular formula is C29H33Cl2N3O4S. The van der Waals surface area contributed by atoms with Crippen molar-refractivity contribution >= 4 is 50.7 Å². The molecule has 39 heavy (non-hydrogen) atoms. The summed E-state index contributed by atoms with van der Waals surface area (Å²) in [5.41, 5.74) is 1.80. The minimum Gasteiger partial charge on any atom is -0.354 e. The third-order valence-electron chi connectivity index (χ3n) is 6.27. The molecule has 0 saturated heterocycles. The molecule has 3 rings (SSSR count). The molecule has 0 aromatic heterocycles. The first-order valence-electron chi connectivity index (χ1n) is 12.7. The Balaban J connectivity index is 2.01. The Hall–Kier alpha value is -3.07.